The van der Waals surface area contributed by atoms with Crippen molar-refractivity contribution in [1.29, 1.82) is 0 Å². The standard InChI is InChI=1S/C13H13ClN2/c1-9-7-8-12(14)16-13(9)10-5-3-4-6-11(10)15-2/h3-8,15H,1-2H3. The van der Waals surface area contributed by atoms with E-state index in [9.17, 15) is 0 Å². The van der Waals surface area contributed by atoms with Gasteiger partial charge in [0.15, 0.2) is 0 Å². The number of benzene rings is 1. The van der Waals surface area contributed by atoms with E-state index < -0.39 is 0 Å². The van der Waals surface area contributed by atoms with Crippen molar-refractivity contribution in [2.75, 3.05) is 12.4 Å². The van der Waals surface area contributed by atoms with E-state index >= 15 is 0 Å². The van der Waals surface area contributed by atoms with Gasteiger partial charge in [-0.2, -0.15) is 0 Å². The lowest BCUT2D eigenvalue weighted by molar-refractivity contribution is 1.27. The number of nitrogens with zero attached hydrogens (tertiary/aromatic N) is 1. The highest BCUT2D eigenvalue weighted by Gasteiger charge is 2.08. The fraction of sp³-hybridized carbons (Fsp3) is 0.154. The maximum Gasteiger partial charge on any atom is 0.129 e. The van der Waals surface area contributed by atoms with Crippen LogP contribution in [-0.2, 0) is 0 Å². The SMILES string of the molecule is CNc1ccccc1-c1nc(Cl)ccc1C. The normalized spacial score (nSPS) is 10.2. The van der Waals surface area contributed by atoms with Gasteiger partial charge in [0.2, 0.25) is 0 Å². The number of hydrogen-bond acceptors (Lipinski definition) is 2. The van der Waals surface area contributed by atoms with Crippen molar-refractivity contribution in [1.82, 2.24) is 4.98 Å². The molecule has 1 N–H and O–H groups in total. The summed E-state index contributed by atoms with van der Waals surface area (Å²) in [4.78, 5) is 4.38. The summed E-state index contributed by atoms with van der Waals surface area (Å²) in [6.45, 7) is 2.03. The summed E-state index contributed by atoms with van der Waals surface area (Å²) in [6.07, 6.45) is 0. The molecule has 82 valence electrons. The first-order valence-corrected chi connectivity index (χ1v) is 5.50. The minimum Gasteiger partial charge on any atom is -0.388 e. The fourth-order valence-corrected chi connectivity index (χ4v) is 1.83. The molecule has 0 fully saturated rings. The van der Waals surface area contributed by atoms with Crippen LogP contribution in [0.2, 0.25) is 5.15 Å². The number of hydrogen-bond donors (Lipinski definition) is 1. The largest absolute Gasteiger partial charge is 0.388 e. The molecule has 0 aliphatic rings. The summed E-state index contributed by atoms with van der Waals surface area (Å²) in [5.41, 5.74) is 4.18. The predicted octanol–water partition coefficient (Wildman–Crippen LogP) is 3.75. The van der Waals surface area contributed by atoms with E-state index in [0.717, 1.165) is 22.5 Å². The Balaban J connectivity index is 2.62. The molecular formula is C13H13ClN2. The summed E-state index contributed by atoms with van der Waals surface area (Å²) in [7, 11) is 1.90. The Bertz CT molecular complexity index is 509. The van der Waals surface area contributed by atoms with Crippen LogP contribution in [0.5, 0.6) is 0 Å². The number of rotatable bonds is 2. The maximum absolute atomic E-state index is 5.93. The van der Waals surface area contributed by atoms with Crippen molar-refractivity contribution in [2.45, 2.75) is 6.92 Å². The van der Waals surface area contributed by atoms with Crippen LogP contribution < -0.4 is 5.32 Å². The fourth-order valence-electron chi connectivity index (χ4n) is 1.69. The molecule has 2 nitrogen and oxygen atoms in total. The van der Waals surface area contributed by atoms with Crippen LogP contribution in [-0.4, -0.2) is 12.0 Å². The van der Waals surface area contributed by atoms with Crippen LogP contribution in [0.15, 0.2) is 36.4 Å². The monoisotopic (exact) mass is 232 g/mol. The Labute approximate surface area is 100 Å². The van der Waals surface area contributed by atoms with Crippen molar-refractivity contribution < 1.29 is 0 Å². The zero-order valence-electron chi connectivity index (χ0n) is 9.29. The lowest BCUT2D eigenvalue weighted by Crippen LogP contribution is -1.95. The van der Waals surface area contributed by atoms with E-state index in [1.165, 1.54) is 0 Å². The zero-order valence-corrected chi connectivity index (χ0v) is 10.0. The number of para-hydroxylation sites is 1. The molecule has 16 heavy (non-hydrogen) atoms. The number of halogens is 1. The van der Waals surface area contributed by atoms with E-state index in [1.807, 2.05) is 50.4 Å². The second kappa shape index (κ2) is 4.54. The first-order chi connectivity index (χ1) is 7.72. The molecule has 2 rings (SSSR count). The van der Waals surface area contributed by atoms with Crippen LogP contribution in [0.25, 0.3) is 11.3 Å². The molecule has 0 aliphatic carbocycles. The third kappa shape index (κ3) is 2.02. The third-order valence-corrected chi connectivity index (χ3v) is 2.73. The molecule has 0 atom stereocenters. The van der Waals surface area contributed by atoms with Gasteiger partial charge < -0.3 is 5.32 Å². The number of anilines is 1. The Kier molecular flexibility index (Phi) is 3.11. The predicted molar refractivity (Wildman–Crippen MR) is 69.0 cm³/mol. The Hall–Kier alpha value is -1.54. The van der Waals surface area contributed by atoms with Crippen LogP contribution in [0, 0.1) is 6.92 Å². The minimum absolute atomic E-state index is 0.520. The molecule has 0 bridgehead atoms. The smallest absolute Gasteiger partial charge is 0.129 e. The lowest BCUT2D eigenvalue weighted by atomic mass is 10.1. The summed E-state index contributed by atoms with van der Waals surface area (Å²) >= 11 is 5.93. The van der Waals surface area contributed by atoms with Gasteiger partial charge in [-0.05, 0) is 24.6 Å². The molecule has 3 heteroatoms. The second-order valence-electron chi connectivity index (χ2n) is 3.60. The van der Waals surface area contributed by atoms with Crippen LogP contribution >= 0.6 is 11.6 Å². The number of nitrogens with one attached hydrogen (secondary N) is 1. The van der Waals surface area contributed by atoms with E-state index in [0.29, 0.717) is 5.15 Å². The van der Waals surface area contributed by atoms with Gasteiger partial charge >= 0.3 is 0 Å². The Morgan fingerprint density at radius 1 is 1.12 bits per heavy atom. The topological polar surface area (TPSA) is 24.9 Å². The van der Waals surface area contributed by atoms with Gasteiger partial charge in [0.25, 0.3) is 0 Å². The number of aryl methyl sites for hydroxylation is 1. The molecular weight excluding hydrogens is 220 g/mol. The first kappa shape index (κ1) is 11.0. The Morgan fingerprint density at radius 2 is 1.88 bits per heavy atom. The molecule has 0 radical (unpaired) electrons. The van der Waals surface area contributed by atoms with E-state index in [1.54, 1.807) is 0 Å². The molecule has 1 heterocycles. The second-order valence-corrected chi connectivity index (χ2v) is 3.98. The summed E-state index contributed by atoms with van der Waals surface area (Å²) in [5.74, 6) is 0. The van der Waals surface area contributed by atoms with Crippen molar-refractivity contribution in [3.63, 3.8) is 0 Å². The van der Waals surface area contributed by atoms with Gasteiger partial charge in [0.05, 0.1) is 5.69 Å². The van der Waals surface area contributed by atoms with Gasteiger partial charge in [-0.15, -0.1) is 0 Å². The van der Waals surface area contributed by atoms with Gasteiger partial charge in [-0.25, -0.2) is 4.98 Å². The molecule has 0 aliphatic heterocycles. The maximum atomic E-state index is 5.93. The Morgan fingerprint density at radius 3 is 2.62 bits per heavy atom. The molecule has 0 saturated heterocycles. The summed E-state index contributed by atoms with van der Waals surface area (Å²) < 4.78 is 0. The molecule has 0 spiro atoms. The third-order valence-electron chi connectivity index (χ3n) is 2.51. The van der Waals surface area contributed by atoms with Crippen molar-refractivity contribution >= 4 is 17.3 Å². The van der Waals surface area contributed by atoms with E-state index in [-0.39, 0.29) is 0 Å². The molecule has 1 aromatic carbocycles. The lowest BCUT2D eigenvalue weighted by Gasteiger charge is -2.10. The molecule has 0 unspecified atom stereocenters. The van der Waals surface area contributed by atoms with E-state index in [2.05, 4.69) is 10.3 Å². The highest BCUT2D eigenvalue weighted by atomic mass is 35.5. The van der Waals surface area contributed by atoms with Crippen molar-refractivity contribution in [3.8, 4) is 11.3 Å². The summed E-state index contributed by atoms with van der Waals surface area (Å²) in [6, 6.07) is 11.8. The van der Waals surface area contributed by atoms with Gasteiger partial charge in [-0.1, -0.05) is 35.9 Å². The van der Waals surface area contributed by atoms with Gasteiger partial charge in [-0.3, -0.25) is 0 Å². The molecule has 0 amide bonds. The van der Waals surface area contributed by atoms with Crippen molar-refractivity contribution in [3.05, 3.63) is 47.1 Å². The zero-order chi connectivity index (χ0) is 11.5. The van der Waals surface area contributed by atoms with Crippen LogP contribution in [0.1, 0.15) is 5.56 Å². The quantitative estimate of drug-likeness (QED) is 0.798. The minimum atomic E-state index is 0.520. The summed E-state index contributed by atoms with van der Waals surface area (Å²) in [5, 5.41) is 3.68. The van der Waals surface area contributed by atoms with Crippen molar-refractivity contribution in [2.24, 2.45) is 0 Å². The number of pyridine rings is 1. The van der Waals surface area contributed by atoms with Crippen LogP contribution in [0.3, 0.4) is 0 Å². The molecule has 2 aromatic rings. The van der Waals surface area contributed by atoms with Gasteiger partial charge in [0.1, 0.15) is 5.15 Å². The average Bonchev–Trinajstić information content (AvgIpc) is 2.32. The average molecular weight is 233 g/mol. The first-order valence-electron chi connectivity index (χ1n) is 5.12. The molecule has 1 aromatic heterocycles. The number of aromatic nitrogens is 1. The van der Waals surface area contributed by atoms with Gasteiger partial charge in [0, 0.05) is 18.3 Å². The highest BCUT2D eigenvalue weighted by Crippen LogP contribution is 2.29. The van der Waals surface area contributed by atoms with E-state index in [4.69, 9.17) is 11.6 Å². The molecule has 0 saturated carbocycles. The highest BCUT2D eigenvalue weighted by molar-refractivity contribution is 6.29. The van der Waals surface area contributed by atoms with Crippen LogP contribution in [0.4, 0.5) is 5.69 Å².